The Morgan fingerprint density at radius 2 is 2.12 bits per heavy atom. The molecule has 0 spiro atoms. The van der Waals surface area contributed by atoms with Gasteiger partial charge in [-0.05, 0) is 20.8 Å². The SMILES string of the molecule is CC[S@@](=O)CC(=O)Nc1nc2c(s1)CN(C(=O)OC(C)(C)C)CC2. The van der Waals surface area contributed by atoms with E-state index in [2.05, 4.69) is 10.3 Å². The van der Waals surface area contributed by atoms with E-state index in [4.69, 9.17) is 4.74 Å². The first-order valence-corrected chi connectivity index (χ1v) is 10.1. The van der Waals surface area contributed by atoms with Gasteiger partial charge in [0.25, 0.3) is 0 Å². The highest BCUT2D eigenvalue weighted by Gasteiger charge is 2.28. The Kier molecular flexibility index (Phi) is 5.97. The molecule has 0 saturated carbocycles. The molecule has 2 rings (SSSR count). The molecule has 1 atom stereocenters. The number of fused-ring (bicyclic) bond motifs is 1. The van der Waals surface area contributed by atoms with Crippen LogP contribution in [0.4, 0.5) is 9.93 Å². The summed E-state index contributed by atoms with van der Waals surface area (Å²) in [6, 6.07) is 0. The largest absolute Gasteiger partial charge is 0.444 e. The second kappa shape index (κ2) is 7.60. The van der Waals surface area contributed by atoms with Crippen molar-refractivity contribution in [3.8, 4) is 0 Å². The van der Waals surface area contributed by atoms with Crippen molar-refractivity contribution in [3.63, 3.8) is 0 Å². The van der Waals surface area contributed by atoms with E-state index in [0.717, 1.165) is 10.6 Å². The summed E-state index contributed by atoms with van der Waals surface area (Å²) in [6.45, 7) is 8.25. The van der Waals surface area contributed by atoms with Crippen molar-refractivity contribution in [3.05, 3.63) is 10.6 Å². The zero-order chi connectivity index (χ0) is 17.9. The summed E-state index contributed by atoms with van der Waals surface area (Å²) in [5.41, 5.74) is 0.366. The number of amides is 2. The fourth-order valence-electron chi connectivity index (χ4n) is 2.13. The third-order valence-electron chi connectivity index (χ3n) is 3.24. The molecule has 1 aliphatic heterocycles. The fraction of sp³-hybridized carbons (Fsp3) is 0.667. The van der Waals surface area contributed by atoms with E-state index in [1.807, 2.05) is 20.8 Å². The van der Waals surface area contributed by atoms with Gasteiger partial charge in [0.15, 0.2) is 5.13 Å². The van der Waals surface area contributed by atoms with Crippen LogP contribution in [0.25, 0.3) is 0 Å². The van der Waals surface area contributed by atoms with Crippen LogP contribution >= 0.6 is 11.3 Å². The van der Waals surface area contributed by atoms with Crippen LogP contribution in [0.3, 0.4) is 0 Å². The predicted octanol–water partition coefficient (Wildman–Crippen LogP) is 2.14. The maximum atomic E-state index is 12.1. The zero-order valence-electron chi connectivity index (χ0n) is 14.4. The first-order valence-electron chi connectivity index (χ1n) is 7.79. The maximum absolute atomic E-state index is 12.1. The number of thiazole rings is 1. The smallest absolute Gasteiger partial charge is 0.410 e. The predicted molar refractivity (Wildman–Crippen MR) is 94.6 cm³/mol. The molecule has 0 aromatic carbocycles. The van der Waals surface area contributed by atoms with Crippen molar-refractivity contribution in [1.82, 2.24) is 9.88 Å². The van der Waals surface area contributed by atoms with Crippen LogP contribution in [-0.2, 0) is 33.3 Å². The average molecular weight is 374 g/mol. The highest BCUT2D eigenvalue weighted by molar-refractivity contribution is 7.85. The first kappa shape index (κ1) is 18.9. The van der Waals surface area contributed by atoms with Gasteiger partial charge >= 0.3 is 6.09 Å². The van der Waals surface area contributed by atoms with E-state index in [0.29, 0.717) is 30.4 Å². The number of carbonyl (C=O) groups excluding carboxylic acids is 2. The minimum atomic E-state index is -1.15. The lowest BCUT2D eigenvalue weighted by Gasteiger charge is -2.29. The number of nitrogens with one attached hydrogen (secondary N) is 1. The molecule has 0 bridgehead atoms. The minimum Gasteiger partial charge on any atom is -0.444 e. The van der Waals surface area contributed by atoms with Crippen molar-refractivity contribution in [2.24, 2.45) is 0 Å². The van der Waals surface area contributed by atoms with Crippen LogP contribution in [0.1, 0.15) is 38.3 Å². The van der Waals surface area contributed by atoms with E-state index in [1.165, 1.54) is 11.3 Å². The summed E-state index contributed by atoms with van der Waals surface area (Å²) in [7, 11) is -1.15. The molecule has 2 amide bonds. The Morgan fingerprint density at radius 3 is 2.75 bits per heavy atom. The summed E-state index contributed by atoms with van der Waals surface area (Å²) in [4.78, 5) is 30.9. The molecule has 0 fully saturated rings. The number of anilines is 1. The van der Waals surface area contributed by atoms with Gasteiger partial charge in [0.1, 0.15) is 11.4 Å². The monoisotopic (exact) mass is 373 g/mol. The third-order valence-corrected chi connectivity index (χ3v) is 5.47. The van der Waals surface area contributed by atoms with Crippen LogP contribution in [-0.4, -0.2) is 49.7 Å². The van der Waals surface area contributed by atoms with E-state index in [9.17, 15) is 13.8 Å². The van der Waals surface area contributed by atoms with Gasteiger partial charge in [-0.25, -0.2) is 9.78 Å². The fourth-order valence-corrected chi connectivity index (χ4v) is 3.74. The molecule has 134 valence electrons. The van der Waals surface area contributed by atoms with E-state index in [-0.39, 0.29) is 17.8 Å². The first-order chi connectivity index (χ1) is 11.2. The molecule has 9 heteroatoms. The molecular formula is C15H23N3O4S2. The molecule has 1 aromatic heterocycles. The molecule has 0 radical (unpaired) electrons. The van der Waals surface area contributed by atoms with Crippen LogP contribution < -0.4 is 5.32 Å². The molecule has 1 N–H and O–H groups in total. The number of nitrogens with zero attached hydrogens (tertiary/aromatic N) is 2. The van der Waals surface area contributed by atoms with E-state index in [1.54, 1.807) is 11.8 Å². The third kappa shape index (κ3) is 5.27. The molecule has 1 aromatic rings. The van der Waals surface area contributed by atoms with Crippen molar-refractivity contribution in [2.75, 3.05) is 23.4 Å². The van der Waals surface area contributed by atoms with Crippen molar-refractivity contribution < 1.29 is 18.5 Å². The summed E-state index contributed by atoms with van der Waals surface area (Å²) < 4.78 is 16.8. The minimum absolute atomic E-state index is 0.0230. The maximum Gasteiger partial charge on any atom is 0.410 e. The number of hydrogen-bond donors (Lipinski definition) is 1. The molecule has 0 saturated heterocycles. The Labute approximate surface area is 148 Å². The van der Waals surface area contributed by atoms with Gasteiger partial charge in [-0.2, -0.15) is 0 Å². The quantitative estimate of drug-likeness (QED) is 0.873. The van der Waals surface area contributed by atoms with Crippen LogP contribution in [0.15, 0.2) is 0 Å². The average Bonchev–Trinajstić information content (AvgIpc) is 2.85. The standard InChI is InChI=1S/C15H23N3O4S2/c1-5-24(21)9-12(19)17-13-16-10-6-7-18(8-11(10)23-13)14(20)22-15(2,3)4/h5-9H2,1-4H3,(H,16,17,19)/t24-/m1/s1. The van der Waals surface area contributed by atoms with Gasteiger partial charge < -0.3 is 15.0 Å². The van der Waals surface area contributed by atoms with Crippen LogP contribution in [0, 0.1) is 0 Å². The number of hydrogen-bond acceptors (Lipinski definition) is 6. The molecule has 1 aliphatic rings. The summed E-state index contributed by atoms with van der Waals surface area (Å²) in [5.74, 6) is 0.127. The van der Waals surface area contributed by atoms with Crippen LogP contribution in [0.2, 0.25) is 0 Å². The highest BCUT2D eigenvalue weighted by Crippen LogP contribution is 2.29. The molecule has 0 unspecified atom stereocenters. The summed E-state index contributed by atoms with van der Waals surface area (Å²) in [6.07, 6.45) is 0.285. The van der Waals surface area contributed by atoms with Gasteiger partial charge in [-0.15, -0.1) is 0 Å². The number of carbonyl (C=O) groups is 2. The van der Waals surface area contributed by atoms with Gasteiger partial charge in [0.2, 0.25) is 5.91 Å². The summed E-state index contributed by atoms with van der Waals surface area (Å²) in [5, 5.41) is 3.18. The zero-order valence-corrected chi connectivity index (χ0v) is 16.0. The van der Waals surface area contributed by atoms with Gasteiger partial charge in [0.05, 0.1) is 12.2 Å². The Balaban J connectivity index is 1.98. The summed E-state index contributed by atoms with van der Waals surface area (Å²) >= 11 is 1.35. The van der Waals surface area contributed by atoms with Gasteiger partial charge in [-0.1, -0.05) is 18.3 Å². The molecular weight excluding hydrogens is 350 g/mol. The Hall–Kier alpha value is -1.48. The molecule has 7 nitrogen and oxygen atoms in total. The second-order valence-corrected chi connectivity index (χ2v) is 9.29. The normalized spacial score (nSPS) is 15.6. The number of rotatable bonds is 4. The lowest BCUT2D eigenvalue weighted by atomic mass is 10.2. The lowest BCUT2D eigenvalue weighted by Crippen LogP contribution is -2.39. The van der Waals surface area contributed by atoms with E-state index < -0.39 is 16.4 Å². The second-order valence-electron chi connectivity index (χ2n) is 6.46. The topological polar surface area (TPSA) is 88.6 Å². The van der Waals surface area contributed by atoms with E-state index >= 15 is 0 Å². The van der Waals surface area contributed by atoms with Gasteiger partial charge in [-0.3, -0.25) is 9.00 Å². The van der Waals surface area contributed by atoms with Crippen LogP contribution in [0.5, 0.6) is 0 Å². The Bertz CT molecular complexity index is 652. The molecule has 2 heterocycles. The van der Waals surface area contributed by atoms with Gasteiger partial charge in [0, 0.05) is 34.4 Å². The Morgan fingerprint density at radius 1 is 1.42 bits per heavy atom. The number of ether oxygens (including phenoxy) is 1. The van der Waals surface area contributed by atoms with Crippen molar-refractivity contribution in [2.45, 2.75) is 46.3 Å². The number of aromatic nitrogens is 1. The van der Waals surface area contributed by atoms with Crippen molar-refractivity contribution >= 4 is 39.3 Å². The molecule has 0 aliphatic carbocycles. The van der Waals surface area contributed by atoms with Crippen molar-refractivity contribution in [1.29, 1.82) is 0 Å². The molecule has 24 heavy (non-hydrogen) atoms. The lowest BCUT2D eigenvalue weighted by molar-refractivity contribution is -0.113. The highest BCUT2D eigenvalue weighted by atomic mass is 32.2.